The molecule has 21 heavy (non-hydrogen) atoms. The first kappa shape index (κ1) is 15.1. The number of rotatable bonds is 4. The quantitative estimate of drug-likeness (QED) is 0.842. The summed E-state index contributed by atoms with van der Waals surface area (Å²) >= 11 is 1.77. The first-order valence-corrected chi connectivity index (χ1v) is 7.56. The van der Waals surface area contributed by atoms with E-state index in [4.69, 9.17) is 11.5 Å². The summed E-state index contributed by atoms with van der Waals surface area (Å²) in [5, 5.41) is 9.24. The lowest BCUT2D eigenvalue weighted by Crippen LogP contribution is -2.05. The van der Waals surface area contributed by atoms with Gasteiger partial charge in [-0.2, -0.15) is 10.2 Å². The molecule has 0 atom stereocenters. The van der Waals surface area contributed by atoms with E-state index in [9.17, 15) is 5.26 Å². The summed E-state index contributed by atoms with van der Waals surface area (Å²) < 4.78 is 0. The normalized spacial score (nSPS) is 10.6. The number of nitrogens with two attached hydrogens (primary N) is 2. The highest BCUT2D eigenvalue weighted by molar-refractivity contribution is 7.99. The van der Waals surface area contributed by atoms with E-state index in [-0.39, 0.29) is 17.3 Å². The average molecular weight is 299 g/mol. The highest BCUT2D eigenvalue weighted by atomic mass is 32.2. The molecule has 6 heteroatoms. The minimum atomic E-state index is 0.0711. The Bertz CT molecular complexity index is 691. The SMILES string of the molecule is CC(C)CSc1cccc(-c2nc(N)nc(N)c2C#N)c1. The van der Waals surface area contributed by atoms with Crippen molar-refractivity contribution in [3.63, 3.8) is 0 Å². The van der Waals surface area contributed by atoms with Crippen LogP contribution in [0.1, 0.15) is 19.4 Å². The van der Waals surface area contributed by atoms with Gasteiger partial charge in [0.05, 0.1) is 5.69 Å². The summed E-state index contributed by atoms with van der Waals surface area (Å²) in [5.74, 6) is 1.82. The number of thioether (sulfide) groups is 1. The van der Waals surface area contributed by atoms with E-state index in [1.807, 2.05) is 30.3 Å². The van der Waals surface area contributed by atoms with Crippen molar-refractivity contribution in [3.05, 3.63) is 29.8 Å². The molecule has 0 unspecified atom stereocenters. The van der Waals surface area contributed by atoms with E-state index in [1.54, 1.807) is 11.8 Å². The maximum absolute atomic E-state index is 9.24. The maximum Gasteiger partial charge on any atom is 0.222 e. The Morgan fingerprint density at radius 2 is 2.05 bits per heavy atom. The molecule has 108 valence electrons. The van der Waals surface area contributed by atoms with Crippen LogP contribution in [-0.4, -0.2) is 15.7 Å². The van der Waals surface area contributed by atoms with Gasteiger partial charge in [-0.1, -0.05) is 26.0 Å². The van der Waals surface area contributed by atoms with Crippen molar-refractivity contribution in [2.75, 3.05) is 17.2 Å². The maximum atomic E-state index is 9.24. The van der Waals surface area contributed by atoms with Gasteiger partial charge in [-0.25, -0.2) is 4.98 Å². The molecular formula is C15H17N5S. The third-order valence-electron chi connectivity index (χ3n) is 2.76. The number of anilines is 2. The summed E-state index contributed by atoms with van der Waals surface area (Å²) in [5.41, 5.74) is 12.9. The van der Waals surface area contributed by atoms with Gasteiger partial charge >= 0.3 is 0 Å². The minimum Gasteiger partial charge on any atom is -0.382 e. The van der Waals surface area contributed by atoms with Gasteiger partial charge in [-0.15, -0.1) is 11.8 Å². The Morgan fingerprint density at radius 3 is 2.71 bits per heavy atom. The third-order valence-corrected chi connectivity index (χ3v) is 4.18. The van der Waals surface area contributed by atoms with Crippen molar-refractivity contribution in [2.45, 2.75) is 18.7 Å². The van der Waals surface area contributed by atoms with Crippen LogP contribution in [0.3, 0.4) is 0 Å². The van der Waals surface area contributed by atoms with Crippen LogP contribution in [0, 0.1) is 17.2 Å². The van der Waals surface area contributed by atoms with Gasteiger partial charge in [0.25, 0.3) is 0 Å². The first-order chi connectivity index (χ1) is 10.0. The van der Waals surface area contributed by atoms with E-state index in [1.165, 1.54) is 0 Å². The molecule has 0 aliphatic heterocycles. The monoisotopic (exact) mass is 299 g/mol. The highest BCUT2D eigenvalue weighted by Crippen LogP contribution is 2.29. The van der Waals surface area contributed by atoms with Crippen molar-refractivity contribution < 1.29 is 0 Å². The number of hydrogen-bond acceptors (Lipinski definition) is 6. The lowest BCUT2D eigenvalue weighted by Gasteiger charge is -2.09. The van der Waals surface area contributed by atoms with Gasteiger partial charge in [-0.05, 0) is 18.1 Å². The highest BCUT2D eigenvalue weighted by Gasteiger charge is 2.13. The lowest BCUT2D eigenvalue weighted by atomic mass is 10.1. The van der Waals surface area contributed by atoms with Crippen molar-refractivity contribution in [1.82, 2.24) is 9.97 Å². The second-order valence-corrected chi connectivity index (χ2v) is 6.13. The predicted octanol–water partition coefficient (Wildman–Crippen LogP) is 2.93. The van der Waals surface area contributed by atoms with Gasteiger partial charge in [0.15, 0.2) is 0 Å². The molecule has 2 rings (SSSR count). The Labute approximate surface area is 128 Å². The van der Waals surface area contributed by atoms with Crippen LogP contribution < -0.4 is 11.5 Å². The Morgan fingerprint density at radius 1 is 1.29 bits per heavy atom. The van der Waals surface area contributed by atoms with E-state index >= 15 is 0 Å². The fraction of sp³-hybridized carbons (Fsp3) is 0.267. The molecule has 0 amide bonds. The largest absolute Gasteiger partial charge is 0.382 e. The zero-order valence-electron chi connectivity index (χ0n) is 12.0. The molecule has 0 fully saturated rings. The van der Waals surface area contributed by atoms with Crippen LogP contribution in [0.15, 0.2) is 29.2 Å². The Balaban J connectivity index is 2.43. The Hall–Kier alpha value is -2.26. The second kappa shape index (κ2) is 6.46. The summed E-state index contributed by atoms with van der Waals surface area (Å²) in [7, 11) is 0. The Kier molecular flexibility index (Phi) is 4.66. The average Bonchev–Trinajstić information content (AvgIpc) is 2.44. The summed E-state index contributed by atoms with van der Waals surface area (Å²) in [6, 6.07) is 9.91. The van der Waals surface area contributed by atoms with Gasteiger partial charge in [0.1, 0.15) is 17.5 Å². The lowest BCUT2D eigenvalue weighted by molar-refractivity contribution is 0.750. The molecule has 4 N–H and O–H groups in total. The predicted molar refractivity (Wildman–Crippen MR) is 86.6 cm³/mol. The molecule has 5 nitrogen and oxygen atoms in total. The third kappa shape index (κ3) is 3.64. The second-order valence-electron chi connectivity index (χ2n) is 5.04. The molecule has 2 aromatic rings. The van der Waals surface area contributed by atoms with Gasteiger partial charge < -0.3 is 11.5 Å². The van der Waals surface area contributed by atoms with Crippen molar-refractivity contribution in [3.8, 4) is 17.3 Å². The number of benzene rings is 1. The molecule has 1 heterocycles. The molecule has 1 aromatic heterocycles. The van der Waals surface area contributed by atoms with Crippen LogP contribution in [0.25, 0.3) is 11.3 Å². The van der Waals surface area contributed by atoms with Gasteiger partial charge in [-0.3, -0.25) is 0 Å². The van der Waals surface area contributed by atoms with Crippen molar-refractivity contribution >= 4 is 23.5 Å². The number of hydrogen-bond donors (Lipinski definition) is 2. The molecule has 0 aliphatic rings. The first-order valence-electron chi connectivity index (χ1n) is 6.57. The minimum absolute atomic E-state index is 0.0711. The van der Waals surface area contributed by atoms with E-state index < -0.39 is 0 Å². The van der Waals surface area contributed by atoms with E-state index in [0.717, 1.165) is 16.2 Å². The summed E-state index contributed by atoms with van der Waals surface area (Å²) in [6.07, 6.45) is 0. The molecule has 0 saturated heterocycles. The fourth-order valence-electron chi connectivity index (χ4n) is 1.81. The van der Waals surface area contributed by atoms with Crippen LogP contribution in [0.5, 0.6) is 0 Å². The van der Waals surface area contributed by atoms with Crippen LogP contribution in [0.2, 0.25) is 0 Å². The number of nitriles is 1. The number of nitrogens with zero attached hydrogens (tertiary/aromatic N) is 3. The smallest absolute Gasteiger partial charge is 0.222 e. The molecular weight excluding hydrogens is 282 g/mol. The number of aromatic nitrogens is 2. The zero-order chi connectivity index (χ0) is 15.4. The topological polar surface area (TPSA) is 102 Å². The molecule has 1 aromatic carbocycles. The zero-order valence-corrected chi connectivity index (χ0v) is 12.8. The molecule has 0 radical (unpaired) electrons. The summed E-state index contributed by atoms with van der Waals surface area (Å²) in [6.45, 7) is 4.35. The molecule has 0 spiro atoms. The molecule has 0 bridgehead atoms. The standard InChI is InChI=1S/C15H17N5S/c1-9(2)8-21-11-5-3-4-10(6-11)13-12(7-16)14(17)20-15(18)19-13/h3-6,9H,8H2,1-2H3,(H4,17,18,19,20). The number of nitrogen functional groups attached to an aromatic ring is 2. The van der Waals surface area contributed by atoms with Crippen molar-refractivity contribution in [2.24, 2.45) is 5.92 Å². The van der Waals surface area contributed by atoms with Crippen LogP contribution >= 0.6 is 11.8 Å². The van der Waals surface area contributed by atoms with Gasteiger partial charge in [0.2, 0.25) is 5.95 Å². The molecule has 0 aliphatic carbocycles. The summed E-state index contributed by atoms with van der Waals surface area (Å²) in [4.78, 5) is 9.12. The fourth-order valence-corrected chi connectivity index (χ4v) is 2.72. The van der Waals surface area contributed by atoms with Gasteiger partial charge in [0, 0.05) is 16.2 Å². The molecule has 0 saturated carbocycles. The van der Waals surface area contributed by atoms with E-state index in [0.29, 0.717) is 11.6 Å². The van der Waals surface area contributed by atoms with Crippen LogP contribution in [-0.2, 0) is 0 Å². The van der Waals surface area contributed by atoms with Crippen LogP contribution in [0.4, 0.5) is 11.8 Å². The van der Waals surface area contributed by atoms with E-state index in [2.05, 4.69) is 23.8 Å². The van der Waals surface area contributed by atoms with Crippen molar-refractivity contribution in [1.29, 1.82) is 5.26 Å².